The molecule has 0 aromatic carbocycles. The van der Waals surface area contributed by atoms with E-state index in [0.717, 1.165) is 0 Å². The summed E-state index contributed by atoms with van der Waals surface area (Å²) in [4.78, 5) is 22.1. The second-order valence-electron chi connectivity index (χ2n) is 1.99. The number of hydrogen-bond donors (Lipinski definition) is 3. The van der Waals surface area contributed by atoms with Gasteiger partial charge in [-0.15, -0.1) is 10.9 Å². The van der Waals surface area contributed by atoms with Crippen molar-refractivity contribution in [3.63, 3.8) is 0 Å². The van der Waals surface area contributed by atoms with E-state index in [0.29, 0.717) is 16.7 Å². The molecule has 0 spiro atoms. The van der Waals surface area contributed by atoms with E-state index >= 15 is 0 Å². The van der Waals surface area contributed by atoms with Crippen LogP contribution in [0.3, 0.4) is 0 Å². The number of thiol groups is 1. The fourth-order valence-corrected chi connectivity index (χ4v) is 1.58. The van der Waals surface area contributed by atoms with Crippen molar-refractivity contribution in [3.8, 4) is 5.75 Å². The molecule has 1 aromatic heterocycles. The third kappa shape index (κ3) is 2.95. The molecule has 0 aliphatic heterocycles. The van der Waals surface area contributed by atoms with Crippen LogP contribution in [0, 0.1) is 0 Å². The highest BCUT2D eigenvalue weighted by atomic mass is 32.5. The first-order chi connectivity index (χ1) is 5.64. The highest BCUT2D eigenvalue weighted by Crippen LogP contribution is 2.39. The van der Waals surface area contributed by atoms with Crippen molar-refractivity contribution >= 4 is 17.7 Å². The minimum absolute atomic E-state index is 0.380. The highest BCUT2D eigenvalue weighted by Gasteiger charge is 2.08. The molecular formula is C6H10NO3PS. The molecule has 0 unspecified atom stereocenters. The minimum Gasteiger partial charge on any atom is -0.426 e. The summed E-state index contributed by atoms with van der Waals surface area (Å²) < 4.78 is 4.90. The van der Waals surface area contributed by atoms with Gasteiger partial charge in [0.05, 0.1) is 6.20 Å². The van der Waals surface area contributed by atoms with Gasteiger partial charge in [0.2, 0.25) is 0 Å². The first-order valence-electron chi connectivity index (χ1n) is 3.19. The average molecular weight is 207 g/mol. The third-order valence-corrected chi connectivity index (χ3v) is 3.91. The zero-order chi connectivity index (χ0) is 9.03. The second-order valence-corrected chi connectivity index (χ2v) is 6.37. The SMILES string of the molecule is C[SH]=P(O)(O)Oc1cccnc1. The predicted octanol–water partition coefficient (Wildman–Crippen LogP) is 0.567. The van der Waals surface area contributed by atoms with Gasteiger partial charge in [-0.25, -0.2) is 0 Å². The summed E-state index contributed by atoms with van der Waals surface area (Å²) in [6.45, 7) is -3.21. The Bertz CT molecular complexity index is 297. The quantitative estimate of drug-likeness (QED) is 0.490. The molecule has 0 atom stereocenters. The van der Waals surface area contributed by atoms with Crippen LogP contribution in [-0.2, 0) is 10.9 Å². The molecule has 68 valence electrons. The first kappa shape index (κ1) is 9.74. The number of nitrogens with zero attached hydrogens (tertiary/aromatic N) is 1. The lowest BCUT2D eigenvalue weighted by molar-refractivity contribution is 0.369. The zero-order valence-electron chi connectivity index (χ0n) is 6.45. The zero-order valence-corrected chi connectivity index (χ0v) is 8.24. The topological polar surface area (TPSA) is 62.6 Å². The number of pyridine rings is 1. The predicted molar refractivity (Wildman–Crippen MR) is 50.9 cm³/mol. The van der Waals surface area contributed by atoms with Crippen LogP contribution in [0.4, 0.5) is 0 Å². The van der Waals surface area contributed by atoms with Crippen molar-refractivity contribution in [1.82, 2.24) is 4.98 Å². The Morgan fingerprint density at radius 2 is 2.33 bits per heavy atom. The standard InChI is InChI=1S/C6H10NO3PS/c1-12-11(8,9)10-6-3-2-4-7-5-6/h2-5,8-9,12H,1H3. The Balaban J connectivity index is 2.78. The van der Waals surface area contributed by atoms with Gasteiger partial charge in [0, 0.05) is 6.20 Å². The lowest BCUT2D eigenvalue weighted by Gasteiger charge is -2.11. The van der Waals surface area contributed by atoms with Crippen LogP contribution in [-0.4, -0.2) is 21.0 Å². The molecule has 0 amide bonds. The molecule has 4 nitrogen and oxygen atoms in total. The van der Waals surface area contributed by atoms with E-state index in [9.17, 15) is 9.79 Å². The van der Waals surface area contributed by atoms with Crippen LogP contribution < -0.4 is 4.52 Å². The van der Waals surface area contributed by atoms with Gasteiger partial charge >= 0.3 is 6.72 Å². The Morgan fingerprint density at radius 1 is 1.58 bits per heavy atom. The van der Waals surface area contributed by atoms with E-state index in [1.165, 1.54) is 6.20 Å². The smallest absolute Gasteiger partial charge is 0.329 e. The molecular weight excluding hydrogens is 197 g/mol. The fraction of sp³-hybridized carbons (Fsp3) is 0.167. The van der Waals surface area contributed by atoms with Gasteiger partial charge in [-0.1, -0.05) is 0 Å². The van der Waals surface area contributed by atoms with Crippen LogP contribution in [0.15, 0.2) is 24.5 Å². The van der Waals surface area contributed by atoms with Crippen molar-refractivity contribution in [2.75, 3.05) is 6.26 Å². The third-order valence-electron chi connectivity index (χ3n) is 1.12. The molecule has 1 aromatic rings. The Kier molecular flexibility index (Phi) is 3.29. The molecule has 0 saturated heterocycles. The summed E-state index contributed by atoms with van der Waals surface area (Å²) >= 11 is 0. The van der Waals surface area contributed by atoms with Crippen molar-refractivity contribution in [2.24, 2.45) is 0 Å². The van der Waals surface area contributed by atoms with Crippen molar-refractivity contribution in [3.05, 3.63) is 24.5 Å². The average Bonchev–Trinajstić information content (AvgIpc) is 2.06. The molecule has 0 aliphatic carbocycles. The lowest BCUT2D eigenvalue weighted by atomic mass is 10.5. The van der Waals surface area contributed by atoms with Gasteiger partial charge in [0.15, 0.2) is 0 Å². The van der Waals surface area contributed by atoms with Crippen molar-refractivity contribution in [1.29, 1.82) is 0 Å². The number of aromatic nitrogens is 1. The van der Waals surface area contributed by atoms with Crippen LogP contribution in [0.1, 0.15) is 0 Å². The van der Waals surface area contributed by atoms with E-state index in [4.69, 9.17) is 4.52 Å². The molecule has 0 fully saturated rings. The fourth-order valence-electron chi connectivity index (χ4n) is 0.583. The Hall–Kier alpha value is -0.350. The van der Waals surface area contributed by atoms with E-state index < -0.39 is 6.72 Å². The van der Waals surface area contributed by atoms with Crippen LogP contribution in [0.25, 0.3) is 0 Å². The summed E-state index contributed by atoms with van der Waals surface area (Å²) in [6, 6.07) is 3.29. The van der Waals surface area contributed by atoms with Gasteiger partial charge in [0.25, 0.3) is 0 Å². The summed E-state index contributed by atoms with van der Waals surface area (Å²) in [7, 11) is 0.438. The Labute approximate surface area is 74.1 Å². The highest BCUT2D eigenvalue weighted by molar-refractivity contribution is 8.16. The maximum absolute atomic E-state index is 9.18. The molecule has 12 heavy (non-hydrogen) atoms. The number of hydrogen-bond acceptors (Lipinski definition) is 2. The first-order valence-corrected chi connectivity index (χ1v) is 6.85. The van der Waals surface area contributed by atoms with Gasteiger partial charge in [-0.2, -0.15) is 0 Å². The summed E-state index contributed by atoms with van der Waals surface area (Å²) in [5, 5.41) is 0. The molecule has 1 rings (SSSR count). The van der Waals surface area contributed by atoms with E-state index in [1.807, 2.05) is 0 Å². The molecule has 0 saturated carbocycles. The van der Waals surface area contributed by atoms with Gasteiger partial charge in [-0.05, 0) is 18.4 Å². The minimum atomic E-state index is -3.21. The van der Waals surface area contributed by atoms with E-state index in [2.05, 4.69) is 4.98 Å². The normalized spacial score (nSPS) is 11.2. The van der Waals surface area contributed by atoms with Gasteiger partial charge in [-0.3, -0.25) is 4.98 Å². The molecule has 6 heteroatoms. The van der Waals surface area contributed by atoms with Crippen LogP contribution in [0.2, 0.25) is 0 Å². The molecule has 0 radical (unpaired) electrons. The number of rotatable bonds is 2. The maximum Gasteiger partial charge on any atom is 0.329 e. The summed E-state index contributed by atoms with van der Waals surface area (Å²) in [5.41, 5.74) is 0. The van der Waals surface area contributed by atoms with Crippen molar-refractivity contribution < 1.29 is 14.3 Å². The van der Waals surface area contributed by atoms with Crippen LogP contribution in [0.5, 0.6) is 5.75 Å². The van der Waals surface area contributed by atoms with Crippen LogP contribution >= 0.6 is 6.72 Å². The molecule has 0 aliphatic rings. The summed E-state index contributed by atoms with van der Waals surface area (Å²) in [6.07, 6.45) is 4.65. The molecule has 1 heterocycles. The summed E-state index contributed by atoms with van der Waals surface area (Å²) in [5.74, 6) is 0.380. The molecule has 2 N–H and O–H groups in total. The maximum atomic E-state index is 9.18. The lowest BCUT2D eigenvalue weighted by Crippen LogP contribution is -1.91. The second kappa shape index (κ2) is 4.05. The van der Waals surface area contributed by atoms with E-state index in [-0.39, 0.29) is 0 Å². The largest absolute Gasteiger partial charge is 0.426 e. The Morgan fingerprint density at radius 3 is 2.83 bits per heavy atom. The van der Waals surface area contributed by atoms with Gasteiger partial charge < -0.3 is 14.3 Å². The van der Waals surface area contributed by atoms with Crippen molar-refractivity contribution in [2.45, 2.75) is 0 Å². The molecule has 0 bridgehead atoms. The van der Waals surface area contributed by atoms with Gasteiger partial charge in [0.1, 0.15) is 5.75 Å². The van der Waals surface area contributed by atoms with E-state index in [1.54, 1.807) is 24.6 Å². The monoisotopic (exact) mass is 207 g/mol.